The summed E-state index contributed by atoms with van der Waals surface area (Å²) in [7, 11) is 0. The normalized spacial score (nSPS) is 9.87. The van der Waals surface area contributed by atoms with E-state index in [4.69, 9.17) is 5.73 Å². The van der Waals surface area contributed by atoms with Crippen LogP contribution < -0.4 is 5.73 Å². The molecule has 74 valence electrons. The number of phenols is 1. The summed E-state index contributed by atoms with van der Waals surface area (Å²) in [5.41, 5.74) is 7.03. The zero-order valence-corrected chi connectivity index (χ0v) is 8.07. The fourth-order valence-electron chi connectivity index (χ4n) is 1.57. The van der Waals surface area contributed by atoms with Gasteiger partial charge in [-0.2, -0.15) is 0 Å². The average molecular weight is 198 g/mol. The topological polar surface area (TPSA) is 58.6 Å². The summed E-state index contributed by atoms with van der Waals surface area (Å²) in [5, 5.41) is 11.2. The standard InChI is InChI=1S/C12H10N2O/c1-2-14-10-7-6-9(13)8-4-3-5-11(15)12(8)10/h3-7,15H,1,13H2. The number of phenolic OH excluding ortho intramolecular Hbond substituents is 1. The van der Waals surface area contributed by atoms with Crippen LogP contribution in [0.15, 0.2) is 41.9 Å². The van der Waals surface area contributed by atoms with Crippen molar-refractivity contribution in [1.82, 2.24) is 0 Å². The molecule has 0 aromatic heterocycles. The first-order valence-corrected chi connectivity index (χ1v) is 4.47. The average Bonchev–Trinajstić information content (AvgIpc) is 2.23. The Hall–Kier alpha value is -2.25. The lowest BCUT2D eigenvalue weighted by Gasteiger charge is -2.06. The molecule has 0 aliphatic rings. The van der Waals surface area contributed by atoms with Crippen molar-refractivity contribution < 1.29 is 5.11 Å². The Kier molecular flexibility index (Phi) is 2.16. The van der Waals surface area contributed by atoms with Crippen LogP contribution in [0.2, 0.25) is 0 Å². The van der Waals surface area contributed by atoms with Crippen molar-refractivity contribution in [2.45, 2.75) is 0 Å². The minimum Gasteiger partial charge on any atom is -0.507 e. The number of hydrogen-bond donors (Lipinski definition) is 2. The van der Waals surface area contributed by atoms with Crippen LogP contribution in [-0.2, 0) is 0 Å². The summed E-state index contributed by atoms with van der Waals surface area (Å²) >= 11 is 0. The van der Waals surface area contributed by atoms with Crippen LogP contribution in [0.5, 0.6) is 5.75 Å². The molecule has 0 fully saturated rings. The number of nitrogen functional groups attached to an aromatic ring is 1. The largest absolute Gasteiger partial charge is 0.507 e. The molecule has 15 heavy (non-hydrogen) atoms. The quantitative estimate of drug-likeness (QED) is 0.546. The lowest BCUT2D eigenvalue weighted by molar-refractivity contribution is 0.482. The first-order chi connectivity index (χ1) is 7.24. The van der Waals surface area contributed by atoms with E-state index in [-0.39, 0.29) is 5.75 Å². The Morgan fingerprint density at radius 2 is 2.07 bits per heavy atom. The van der Waals surface area contributed by atoms with Crippen molar-refractivity contribution in [1.29, 1.82) is 0 Å². The highest BCUT2D eigenvalue weighted by Crippen LogP contribution is 2.36. The molecule has 0 atom stereocenters. The second kappa shape index (κ2) is 3.48. The van der Waals surface area contributed by atoms with Crippen LogP contribution in [-0.4, -0.2) is 11.0 Å². The van der Waals surface area contributed by atoms with Crippen molar-refractivity contribution >= 4 is 28.0 Å². The van der Waals surface area contributed by atoms with Crippen LogP contribution >= 0.6 is 0 Å². The summed E-state index contributed by atoms with van der Waals surface area (Å²) < 4.78 is 0. The molecule has 0 bridgehead atoms. The van der Waals surface area contributed by atoms with Gasteiger partial charge in [-0.25, -0.2) is 4.99 Å². The molecule has 2 rings (SSSR count). The summed E-state index contributed by atoms with van der Waals surface area (Å²) in [6, 6.07) is 8.67. The minimum absolute atomic E-state index is 0.161. The zero-order chi connectivity index (χ0) is 10.8. The van der Waals surface area contributed by atoms with Gasteiger partial charge in [0.25, 0.3) is 0 Å². The summed E-state index contributed by atoms with van der Waals surface area (Å²) in [6.07, 6.45) is 0. The lowest BCUT2D eigenvalue weighted by atomic mass is 10.1. The van der Waals surface area contributed by atoms with Gasteiger partial charge < -0.3 is 10.8 Å². The van der Waals surface area contributed by atoms with Gasteiger partial charge in [-0.1, -0.05) is 12.1 Å². The van der Waals surface area contributed by atoms with Crippen molar-refractivity contribution in [3.8, 4) is 5.75 Å². The number of nitrogens with zero attached hydrogens (tertiary/aromatic N) is 1. The predicted octanol–water partition coefficient (Wildman–Crippen LogP) is 2.61. The van der Waals surface area contributed by atoms with Gasteiger partial charge in [0.15, 0.2) is 0 Å². The van der Waals surface area contributed by atoms with Crippen LogP contribution in [0.3, 0.4) is 0 Å². The number of anilines is 1. The van der Waals surface area contributed by atoms with E-state index in [1.807, 2.05) is 6.07 Å². The molecule has 0 radical (unpaired) electrons. The number of rotatable bonds is 1. The number of fused-ring (bicyclic) bond motifs is 1. The van der Waals surface area contributed by atoms with Crippen molar-refractivity contribution in [2.75, 3.05) is 5.73 Å². The van der Waals surface area contributed by atoms with Gasteiger partial charge in [0.05, 0.1) is 11.1 Å². The van der Waals surface area contributed by atoms with Gasteiger partial charge >= 0.3 is 0 Å². The molecule has 0 saturated heterocycles. The molecule has 3 N–H and O–H groups in total. The first-order valence-electron chi connectivity index (χ1n) is 4.47. The predicted molar refractivity (Wildman–Crippen MR) is 62.7 cm³/mol. The molecule has 3 nitrogen and oxygen atoms in total. The fraction of sp³-hybridized carbons (Fsp3) is 0. The van der Waals surface area contributed by atoms with E-state index in [2.05, 4.69) is 17.4 Å². The van der Waals surface area contributed by atoms with E-state index in [0.717, 1.165) is 5.39 Å². The molecule has 2 aromatic rings. The van der Waals surface area contributed by atoms with Gasteiger partial charge in [0.2, 0.25) is 0 Å². The number of aromatic hydroxyl groups is 1. The molecule has 0 amide bonds. The lowest BCUT2D eigenvalue weighted by Crippen LogP contribution is -1.86. The number of nitrogens with two attached hydrogens (primary N) is 1. The molecule has 0 heterocycles. The Bertz CT molecular complexity index is 569. The van der Waals surface area contributed by atoms with Gasteiger partial charge in [-0.05, 0) is 30.6 Å². The number of aliphatic imine (C=N–C) groups is 1. The highest BCUT2D eigenvalue weighted by molar-refractivity contribution is 6.04. The van der Waals surface area contributed by atoms with Crippen molar-refractivity contribution in [2.24, 2.45) is 4.99 Å². The Balaban J connectivity index is 2.96. The third kappa shape index (κ3) is 1.45. The Morgan fingerprint density at radius 3 is 2.80 bits per heavy atom. The highest BCUT2D eigenvalue weighted by atomic mass is 16.3. The number of hydrogen-bond acceptors (Lipinski definition) is 3. The molecular weight excluding hydrogens is 188 g/mol. The van der Waals surface area contributed by atoms with E-state index in [1.54, 1.807) is 24.3 Å². The van der Waals surface area contributed by atoms with Crippen LogP contribution in [0.25, 0.3) is 10.8 Å². The maximum Gasteiger partial charge on any atom is 0.125 e. The summed E-state index contributed by atoms with van der Waals surface area (Å²) in [5.74, 6) is 2.61. The first kappa shape index (κ1) is 9.31. The third-order valence-electron chi connectivity index (χ3n) is 2.23. The zero-order valence-electron chi connectivity index (χ0n) is 8.07. The van der Waals surface area contributed by atoms with Crippen LogP contribution in [0, 0.1) is 0 Å². The fourth-order valence-corrected chi connectivity index (χ4v) is 1.57. The maximum absolute atomic E-state index is 9.74. The molecular formula is C12H10N2O. The van der Waals surface area contributed by atoms with Gasteiger partial charge in [0.1, 0.15) is 5.75 Å². The molecule has 3 heteroatoms. The monoisotopic (exact) mass is 198 g/mol. The van der Waals surface area contributed by atoms with Gasteiger partial charge in [0, 0.05) is 11.1 Å². The second-order valence-electron chi connectivity index (χ2n) is 3.14. The molecule has 0 unspecified atom stereocenters. The minimum atomic E-state index is 0.161. The van der Waals surface area contributed by atoms with E-state index >= 15 is 0 Å². The Morgan fingerprint density at radius 1 is 1.27 bits per heavy atom. The highest BCUT2D eigenvalue weighted by Gasteiger charge is 2.06. The van der Waals surface area contributed by atoms with Crippen molar-refractivity contribution in [3.63, 3.8) is 0 Å². The molecule has 0 aliphatic carbocycles. The molecule has 0 saturated carbocycles. The van der Waals surface area contributed by atoms with E-state index < -0.39 is 0 Å². The molecule has 0 aliphatic heterocycles. The molecule has 2 aromatic carbocycles. The SMILES string of the molecule is C=C=Nc1ccc(N)c2cccc(O)c12. The number of benzene rings is 2. The third-order valence-corrected chi connectivity index (χ3v) is 2.23. The van der Waals surface area contributed by atoms with Crippen LogP contribution in [0.1, 0.15) is 0 Å². The van der Waals surface area contributed by atoms with Gasteiger partial charge in [-0.3, -0.25) is 0 Å². The smallest absolute Gasteiger partial charge is 0.125 e. The Labute approximate surface area is 87.2 Å². The maximum atomic E-state index is 9.74. The van der Waals surface area contributed by atoms with E-state index in [0.29, 0.717) is 16.8 Å². The van der Waals surface area contributed by atoms with E-state index in [1.165, 1.54) is 0 Å². The summed E-state index contributed by atoms with van der Waals surface area (Å²) in [4.78, 5) is 3.96. The summed E-state index contributed by atoms with van der Waals surface area (Å²) in [6.45, 7) is 3.41. The van der Waals surface area contributed by atoms with Crippen molar-refractivity contribution in [3.05, 3.63) is 36.9 Å². The molecule has 0 spiro atoms. The second-order valence-corrected chi connectivity index (χ2v) is 3.14. The van der Waals surface area contributed by atoms with E-state index in [9.17, 15) is 5.11 Å². The van der Waals surface area contributed by atoms with Crippen LogP contribution in [0.4, 0.5) is 11.4 Å². The van der Waals surface area contributed by atoms with Gasteiger partial charge in [-0.15, -0.1) is 0 Å².